The summed E-state index contributed by atoms with van der Waals surface area (Å²) in [7, 11) is 0. The minimum Gasteiger partial charge on any atom is -0.452 e. The molecule has 1 heterocycles. The minimum absolute atomic E-state index is 0.227. The summed E-state index contributed by atoms with van der Waals surface area (Å²) < 4.78 is 19.5. The molecular weight excluding hydrogens is 309 g/mol. The van der Waals surface area contributed by atoms with Crippen LogP contribution in [0.4, 0.5) is 4.39 Å². The Morgan fingerprint density at radius 2 is 1.95 bits per heavy atom. The molecule has 0 saturated carbocycles. The quantitative estimate of drug-likeness (QED) is 0.755. The van der Waals surface area contributed by atoms with Crippen molar-refractivity contribution in [3.05, 3.63) is 53.1 Å². The van der Waals surface area contributed by atoms with Crippen LogP contribution in [0, 0.1) is 12.7 Å². The number of hydrogen-bond donors (Lipinski definition) is 0. The maximum atomic E-state index is 13.9. The molecule has 0 aliphatic carbocycles. The largest absolute Gasteiger partial charge is 0.452 e. The predicted molar refractivity (Wildman–Crippen MR) is 77.5 cm³/mol. The summed E-state index contributed by atoms with van der Waals surface area (Å²) in [5.41, 5.74) is 2.64. The zero-order chi connectivity index (χ0) is 13.8. The molecule has 1 aromatic carbocycles. The van der Waals surface area contributed by atoms with E-state index in [0.29, 0.717) is 11.1 Å². The number of halogens is 2. The van der Waals surface area contributed by atoms with E-state index < -0.39 is 0 Å². The topological polar surface area (TPSA) is 22.1 Å². The van der Waals surface area contributed by atoms with Crippen molar-refractivity contribution in [1.82, 2.24) is 4.98 Å². The zero-order valence-corrected chi connectivity index (χ0v) is 12.5. The molecule has 0 aliphatic heterocycles. The summed E-state index contributed by atoms with van der Waals surface area (Å²) >= 11 is 3.30. The highest BCUT2D eigenvalue weighted by Gasteiger charge is 2.09. The number of benzene rings is 1. The van der Waals surface area contributed by atoms with Crippen LogP contribution in [-0.4, -0.2) is 4.98 Å². The van der Waals surface area contributed by atoms with Crippen molar-refractivity contribution in [2.75, 3.05) is 0 Å². The van der Waals surface area contributed by atoms with Gasteiger partial charge in [0, 0.05) is 11.0 Å². The fraction of sp³-hybridized carbons (Fsp3) is 0.267. The Kier molecular flexibility index (Phi) is 4.53. The lowest BCUT2D eigenvalue weighted by Gasteiger charge is -2.11. The van der Waals surface area contributed by atoms with Crippen LogP contribution in [0.3, 0.4) is 0 Å². The van der Waals surface area contributed by atoms with Crippen LogP contribution < -0.4 is 4.74 Å². The molecule has 1 aromatic heterocycles. The fourth-order valence-corrected chi connectivity index (χ4v) is 2.12. The Balaban J connectivity index is 2.31. The molecule has 0 atom stereocenters. The van der Waals surface area contributed by atoms with Gasteiger partial charge in [-0.2, -0.15) is 0 Å². The molecule has 19 heavy (non-hydrogen) atoms. The summed E-state index contributed by atoms with van der Waals surface area (Å²) in [6.07, 6.45) is 0.748. The molecule has 0 radical (unpaired) electrons. The highest BCUT2D eigenvalue weighted by molar-refractivity contribution is 9.08. The summed E-state index contributed by atoms with van der Waals surface area (Å²) in [4.78, 5) is 4.40. The van der Waals surface area contributed by atoms with E-state index in [1.165, 1.54) is 6.07 Å². The van der Waals surface area contributed by atoms with E-state index in [4.69, 9.17) is 4.74 Å². The van der Waals surface area contributed by atoms with Gasteiger partial charge >= 0.3 is 0 Å². The van der Waals surface area contributed by atoms with Gasteiger partial charge in [0.1, 0.15) is 5.75 Å². The van der Waals surface area contributed by atoms with Gasteiger partial charge in [-0.05, 0) is 43.2 Å². The predicted octanol–water partition coefficient (Wildman–Crippen LogP) is 4.78. The second-order valence-corrected chi connectivity index (χ2v) is 4.81. The molecule has 0 fully saturated rings. The van der Waals surface area contributed by atoms with E-state index in [1.54, 1.807) is 6.07 Å². The number of rotatable bonds is 4. The van der Waals surface area contributed by atoms with Crippen LogP contribution in [0.5, 0.6) is 11.5 Å². The molecule has 0 bridgehead atoms. The lowest BCUT2D eigenvalue weighted by Crippen LogP contribution is -1.97. The van der Waals surface area contributed by atoms with Crippen molar-refractivity contribution < 1.29 is 9.13 Å². The third-order valence-electron chi connectivity index (χ3n) is 2.78. The van der Waals surface area contributed by atoms with Gasteiger partial charge < -0.3 is 4.74 Å². The summed E-state index contributed by atoms with van der Waals surface area (Å²) in [6.45, 7) is 3.92. The molecule has 0 unspecified atom stereocenters. The maximum Gasteiger partial charge on any atom is 0.166 e. The molecule has 0 saturated heterocycles. The first-order valence-electron chi connectivity index (χ1n) is 6.12. The Labute approximate surface area is 120 Å². The number of aromatic nitrogens is 1. The van der Waals surface area contributed by atoms with Crippen molar-refractivity contribution in [3.8, 4) is 11.5 Å². The van der Waals surface area contributed by atoms with Crippen LogP contribution in [-0.2, 0) is 11.8 Å². The molecule has 0 aliphatic rings. The van der Waals surface area contributed by atoms with Gasteiger partial charge in [-0.15, -0.1) is 0 Å². The minimum atomic E-state index is -0.362. The first kappa shape index (κ1) is 14.0. The van der Waals surface area contributed by atoms with E-state index in [1.807, 2.05) is 32.0 Å². The average Bonchev–Trinajstić information content (AvgIpc) is 2.42. The number of nitrogens with zero attached hydrogens (tertiary/aromatic N) is 1. The maximum absolute atomic E-state index is 13.9. The monoisotopic (exact) mass is 323 g/mol. The van der Waals surface area contributed by atoms with Gasteiger partial charge in [0.05, 0.1) is 5.69 Å². The Hall–Kier alpha value is -1.42. The normalized spacial score (nSPS) is 10.5. The van der Waals surface area contributed by atoms with Crippen molar-refractivity contribution in [1.29, 1.82) is 0 Å². The number of alkyl halides is 1. The molecule has 100 valence electrons. The van der Waals surface area contributed by atoms with Gasteiger partial charge in [-0.3, -0.25) is 4.98 Å². The van der Waals surface area contributed by atoms with Crippen LogP contribution in [0.1, 0.15) is 23.9 Å². The SMILES string of the molecule is CCc1nc(C)ccc1Oc1ccc(CBr)cc1F. The van der Waals surface area contributed by atoms with Crippen LogP contribution in [0.2, 0.25) is 0 Å². The summed E-state index contributed by atoms with van der Waals surface area (Å²) in [5, 5.41) is 0.622. The van der Waals surface area contributed by atoms with Gasteiger partial charge in [-0.1, -0.05) is 28.9 Å². The third-order valence-corrected chi connectivity index (χ3v) is 3.42. The average molecular weight is 324 g/mol. The van der Waals surface area contributed by atoms with E-state index in [-0.39, 0.29) is 11.6 Å². The van der Waals surface area contributed by atoms with E-state index in [9.17, 15) is 4.39 Å². The number of aryl methyl sites for hydroxylation is 2. The van der Waals surface area contributed by atoms with E-state index in [0.717, 1.165) is 23.4 Å². The fourth-order valence-electron chi connectivity index (χ4n) is 1.77. The second-order valence-electron chi connectivity index (χ2n) is 4.25. The van der Waals surface area contributed by atoms with Crippen molar-refractivity contribution in [2.24, 2.45) is 0 Å². The molecule has 2 rings (SSSR count). The lowest BCUT2D eigenvalue weighted by atomic mass is 10.2. The molecular formula is C15H15BrFNO. The smallest absolute Gasteiger partial charge is 0.166 e. The zero-order valence-electron chi connectivity index (χ0n) is 10.9. The number of pyridine rings is 1. The van der Waals surface area contributed by atoms with Gasteiger partial charge in [-0.25, -0.2) is 4.39 Å². The molecule has 2 nitrogen and oxygen atoms in total. The summed E-state index contributed by atoms with van der Waals surface area (Å²) in [5.74, 6) is 0.475. The Bertz CT molecular complexity index is 586. The second kappa shape index (κ2) is 6.15. The van der Waals surface area contributed by atoms with E-state index in [2.05, 4.69) is 20.9 Å². The Morgan fingerprint density at radius 1 is 1.21 bits per heavy atom. The van der Waals surface area contributed by atoms with E-state index >= 15 is 0 Å². The lowest BCUT2D eigenvalue weighted by molar-refractivity contribution is 0.435. The van der Waals surface area contributed by atoms with Crippen molar-refractivity contribution in [2.45, 2.75) is 25.6 Å². The first-order valence-corrected chi connectivity index (χ1v) is 7.25. The van der Waals surface area contributed by atoms with Crippen molar-refractivity contribution in [3.63, 3.8) is 0 Å². The van der Waals surface area contributed by atoms with Crippen LogP contribution >= 0.6 is 15.9 Å². The summed E-state index contributed by atoms with van der Waals surface area (Å²) in [6, 6.07) is 8.64. The van der Waals surface area contributed by atoms with Crippen LogP contribution in [0.15, 0.2) is 30.3 Å². The first-order chi connectivity index (χ1) is 9.13. The molecule has 4 heteroatoms. The standard InChI is InChI=1S/C15H15BrFNO/c1-3-13-15(6-4-10(2)18-13)19-14-7-5-11(9-16)8-12(14)17/h4-8H,3,9H2,1-2H3. The Morgan fingerprint density at radius 3 is 2.58 bits per heavy atom. The molecule has 0 N–H and O–H groups in total. The van der Waals surface area contributed by atoms with Gasteiger partial charge in [0.15, 0.2) is 11.6 Å². The van der Waals surface area contributed by atoms with Crippen LogP contribution in [0.25, 0.3) is 0 Å². The highest BCUT2D eigenvalue weighted by Crippen LogP contribution is 2.28. The third kappa shape index (κ3) is 3.32. The number of ether oxygens (including phenoxy) is 1. The van der Waals surface area contributed by atoms with Crippen molar-refractivity contribution >= 4 is 15.9 Å². The highest BCUT2D eigenvalue weighted by atomic mass is 79.9. The van der Waals surface area contributed by atoms with Gasteiger partial charge in [0.2, 0.25) is 0 Å². The van der Waals surface area contributed by atoms with Gasteiger partial charge in [0.25, 0.3) is 0 Å². The number of hydrogen-bond acceptors (Lipinski definition) is 2. The molecule has 0 spiro atoms. The molecule has 0 amide bonds. The molecule has 2 aromatic rings.